The molecule has 14 N–H and O–H groups in total. The van der Waals surface area contributed by atoms with Gasteiger partial charge in [-0.05, 0) is 117 Å². The molecule has 60 heavy (non-hydrogen) atoms. The highest BCUT2D eigenvalue weighted by Crippen LogP contribution is 2.68. The zero-order valence-electron chi connectivity index (χ0n) is 35.5. The van der Waals surface area contributed by atoms with Gasteiger partial charge in [0, 0.05) is 32.6 Å². The summed E-state index contributed by atoms with van der Waals surface area (Å²) < 4.78 is 0. The Kier molecular flexibility index (Phi) is 18.6. The van der Waals surface area contributed by atoms with Crippen LogP contribution in [0.3, 0.4) is 0 Å². The fourth-order valence-electron chi connectivity index (χ4n) is 11.8. The van der Waals surface area contributed by atoms with Crippen LogP contribution in [-0.2, 0) is 14.4 Å². The fraction of sp³-hybridized carbons (Fsp3) is 0.929. The summed E-state index contributed by atoms with van der Waals surface area (Å²) in [7, 11) is 0. The number of aliphatic hydroxyl groups excluding tert-OH is 12. The van der Waals surface area contributed by atoms with E-state index in [0.29, 0.717) is 30.1 Å². The summed E-state index contributed by atoms with van der Waals surface area (Å²) in [6.45, 7) is 5.15. The summed E-state index contributed by atoms with van der Waals surface area (Å²) in [5.41, 5.74) is -0.164. The van der Waals surface area contributed by atoms with E-state index in [1.165, 1.54) is 0 Å². The van der Waals surface area contributed by atoms with Gasteiger partial charge in [0.25, 0.3) is 11.8 Å². The molecule has 3 amide bonds. The summed E-state index contributed by atoms with van der Waals surface area (Å²) in [6, 6.07) is 0. The van der Waals surface area contributed by atoms with Gasteiger partial charge in [-0.3, -0.25) is 14.4 Å². The third-order valence-electron chi connectivity index (χ3n) is 15.5. The first kappa shape index (κ1) is 50.6. The van der Waals surface area contributed by atoms with Crippen molar-refractivity contribution >= 4 is 17.7 Å². The Morgan fingerprint density at radius 1 is 0.700 bits per heavy atom. The maximum atomic E-state index is 13.8. The maximum Gasteiger partial charge on any atom is 0.251 e. The molecule has 348 valence electrons. The van der Waals surface area contributed by atoms with Crippen molar-refractivity contribution in [1.82, 2.24) is 15.5 Å². The molecule has 0 aromatic rings. The van der Waals surface area contributed by atoms with Crippen molar-refractivity contribution in [3.05, 3.63) is 0 Å². The predicted octanol–water partition coefficient (Wildman–Crippen LogP) is -2.89. The molecular formula is C42H75N3O15. The normalized spacial score (nSPS) is 34.6. The van der Waals surface area contributed by atoms with E-state index in [1.807, 2.05) is 0 Å². The van der Waals surface area contributed by atoms with Crippen LogP contribution in [0.4, 0.5) is 0 Å². The number of aliphatic hydroxyl groups is 12. The lowest BCUT2D eigenvalue weighted by Crippen LogP contribution is -2.58. The third-order valence-corrected chi connectivity index (χ3v) is 15.5. The zero-order chi connectivity index (χ0) is 44.7. The average molecular weight is 862 g/mol. The number of hydrogen-bond donors (Lipinski definition) is 14. The molecule has 18 heteroatoms. The number of carbonyl (C=O) groups is 3. The highest BCUT2D eigenvalue weighted by atomic mass is 16.4. The fourth-order valence-corrected chi connectivity index (χ4v) is 11.8. The standard InChI is InChI=1S/C42H75N3O15/c1-22(26-9-10-27-25-8-7-23-18-24(48)12-13-41(23,2)28(25)19-31(51)42(26,27)3)6-11-32(52)45(16-4-14-43-39(59)37(57)35(55)33(53)29(49)20-46)17-5-15-44-40(60)38(58)36(56)34(54)30(50)21-47/h22-31,33-38,46-51,53-58H,4-21H2,1-3H3,(H,43,59)(H,44,60)/t22-,23?,24-,25+,26-,27+,28+,29-,30-,31+,33-,34-,35+,36+,37-,38-,41+,42-/m1/s1. The largest absolute Gasteiger partial charge is 0.394 e. The van der Waals surface area contributed by atoms with Crippen molar-refractivity contribution in [2.75, 3.05) is 39.4 Å². The van der Waals surface area contributed by atoms with Gasteiger partial charge in [0.15, 0.2) is 12.2 Å². The monoisotopic (exact) mass is 862 g/mol. The highest BCUT2D eigenvalue weighted by Gasteiger charge is 2.63. The van der Waals surface area contributed by atoms with Crippen LogP contribution in [0.15, 0.2) is 0 Å². The molecule has 0 heterocycles. The zero-order valence-corrected chi connectivity index (χ0v) is 35.5. The van der Waals surface area contributed by atoms with Crippen LogP contribution in [0.25, 0.3) is 0 Å². The Morgan fingerprint density at radius 3 is 1.75 bits per heavy atom. The summed E-state index contributed by atoms with van der Waals surface area (Å²) in [4.78, 5) is 40.3. The topological polar surface area (TPSA) is 321 Å². The van der Waals surface area contributed by atoms with Crippen molar-refractivity contribution in [2.24, 2.45) is 46.3 Å². The van der Waals surface area contributed by atoms with E-state index in [0.717, 1.165) is 51.4 Å². The van der Waals surface area contributed by atoms with Crippen molar-refractivity contribution < 1.29 is 75.7 Å². The van der Waals surface area contributed by atoms with E-state index in [9.17, 15) is 65.4 Å². The lowest BCUT2D eigenvalue weighted by molar-refractivity contribution is -0.175. The van der Waals surface area contributed by atoms with Crippen LogP contribution < -0.4 is 10.6 Å². The first-order valence-corrected chi connectivity index (χ1v) is 22.1. The highest BCUT2D eigenvalue weighted by molar-refractivity contribution is 5.81. The Labute approximate surface area is 353 Å². The molecule has 4 fully saturated rings. The average Bonchev–Trinajstić information content (AvgIpc) is 3.61. The van der Waals surface area contributed by atoms with Gasteiger partial charge in [-0.2, -0.15) is 0 Å². The minimum atomic E-state index is -2.11. The minimum absolute atomic E-state index is 0.0491. The van der Waals surface area contributed by atoms with Crippen LogP contribution in [0, 0.1) is 46.3 Å². The molecule has 4 rings (SSSR count). The van der Waals surface area contributed by atoms with Gasteiger partial charge in [-0.15, -0.1) is 0 Å². The summed E-state index contributed by atoms with van der Waals surface area (Å²) in [5.74, 6) is -0.145. The molecule has 0 spiro atoms. The number of nitrogens with one attached hydrogen (secondary N) is 2. The summed E-state index contributed by atoms with van der Waals surface area (Å²) >= 11 is 0. The van der Waals surface area contributed by atoms with Crippen molar-refractivity contribution in [3.63, 3.8) is 0 Å². The molecule has 0 aromatic carbocycles. The number of amides is 3. The molecule has 0 bridgehead atoms. The van der Waals surface area contributed by atoms with Gasteiger partial charge in [0.2, 0.25) is 5.91 Å². The second-order valence-electron chi connectivity index (χ2n) is 18.9. The number of rotatable bonds is 22. The molecule has 0 aliphatic heterocycles. The molecule has 18 nitrogen and oxygen atoms in total. The predicted molar refractivity (Wildman–Crippen MR) is 215 cm³/mol. The van der Waals surface area contributed by atoms with Crippen LogP contribution >= 0.6 is 0 Å². The van der Waals surface area contributed by atoms with Gasteiger partial charge < -0.3 is 76.8 Å². The molecule has 4 aliphatic rings. The van der Waals surface area contributed by atoms with Crippen LogP contribution in [0.1, 0.15) is 97.8 Å². The van der Waals surface area contributed by atoms with E-state index < -0.39 is 80.0 Å². The minimum Gasteiger partial charge on any atom is -0.394 e. The Balaban J connectivity index is 1.35. The quantitative estimate of drug-likeness (QED) is 0.0486. The maximum absolute atomic E-state index is 13.8. The molecule has 4 aliphatic carbocycles. The first-order valence-electron chi connectivity index (χ1n) is 22.1. The number of fused-ring (bicyclic) bond motifs is 5. The van der Waals surface area contributed by atoms with E-state index in [-0.39, 0.29) is 80.1 Å². The first-order chi connectivity index (χ1) is 28.2. The summed E-state index contributed by atoms with van der Waals surface area (Å²) in [5, 5.41) is 124. The number of hydrogen-bond acceptors (Lipinski definition) is 15. The molecular weight excluding hydrogens is 786 g/mol. The van der Waals surface area contributed by atoms with Crippen molar-refractivity contribution in [3.8, 4) is 0 Å². The molecule has 1 unspecified atom stereocenters. The molecule has 18 atom stereocenters. The second-order valence-corrected chi connectivity index (χ2v) is 18.9. The van der Waals surface area contributed by atoms with E-state index in [4.69, 9.17) is 10.2 Å². The van der Waals surface area contributed by atoms with Crippen LogP contribution in [0.5, 0.6) is 0 Å². The van der Waals surface area contributed by atoms with Crippen LogP contribution in [-0.4, -0.2) is 184 Å². The SMILES string of the molecule is C[C@H](CCC(=O)N(CCCNC(=O)[C@H](O)[C@@H](O)[C@H](O)[C@H](O)CO)CCCNC(=O)[C@H](O)[C@@H](O)[C@H](O)[C@H](O)CO)[C@H]1CC[C@H]2[C@@H]3CCC4C[C@H](O)CC[C@]4(C)[C@H]3C[C@H](O)[C@]12C. The van der Waals surface area contributed by atoms with E-state index >= 15 is 0 Å². The number of nitrogens with zero attached hydrogens (tertiary/aromatic N) is 1. The Bertz CT molecular complexity index is 1350. The molecule has 4 saturated carbocycles. The Hall–Kier alpha value is -2.07. The third kappa shape index (κ3) is 11.2. The van der Waals surface area contributed by atoms with Crippen LogP contribution in [0.2, 0.25) is 0 Å². The van der Waals surface area contributed by atoms with E-state index in [2.05, 4.69) is 31.4 Å². The van der Waals surface area contributed by atoms with E-state index in [1.54, 1.807) is 4.90 Å². The Morgan fingerprint density at radius 2 is 1.23 bits per heavy atom. The van der Waals surface area contributed by atoms with Gasteiger partial charge >= 0.3 is 0 Å². The molecule has 0 saturated heterocycles. The molecule has 0 radical (unpaired) electrons. The van der Waals surface area contributed by atoms with Gasteiger partial charge in [0.1, 0.15) is 36.6 Å². The van der Waals surface area contributed by atoms with Gasteiger partial charge in [-0.25, -0.2) is 0 Å². The van der Waals surface area contributed by atoms with Gasteiger partial charge in [-0.1, -0.05) is 20.8 Å². The molecule has 0 aromatic heterocycles. The van der Waals surface area contributed by atoms with Crippen molar-refractivity contribution in [1.29, 1.82) is 0 Å². The van der Waals surface area contributed by atoms with Crippen molar-refractivity contribution in [2.45, 2.75) is 159 Å². The summed E-state index contributed by atoms with van der Waals surface area (Å²) in [6.07, 6.45) is -7.85. The lowest BCUT2D eigenvalue weighted by Gasteiger charge is -2.62. The second kappa shape index (κ2) is 22.0. The van der Waals surface area contributed by atoms with Gasteiger partial charge in [0.05, 0.1) is 25.4 Å². The number of carbonyl (C=O) groups excluding carboxylic acids is 3. The smallest absolute Gasteiger partial charge is 0.251 e. The lowest BCUT2D eigenvalue weighted by atomic mass is 9.43.